The van der Waals surface area contributed by atoms with Crippen molar-refractivity contribution < 1.29 is 9.15 Å². The van der Waals surface area contributed by atoms with Crippen LogP contribution in [0, 0.1) is 0 Å². The van der Waals surface area contributed by atoms with Gasteiger partial charge in [0.25, 0.3) is 0 Å². The predicted molar refractivity (Wildman–Crippen MR) is 84.3 cm³/mol. The standard InChI is InChI=1S/C17H24N2O2/c1-5-10-19(4)11-16-17(20-12-18-16)14-6-8-15(9-7-14)21-13(2)3/h6-9,12-13H,5,10-11H2,1-4H3. The van der Waals surface area contributed by atoms with E-state index in [9.17, 15) is 0 Å². The van der Waals surface area contributed by atoms with Gasteiger partial charge in [-0.15, -0.1) is 0 Å². The fraction of sp³-hybridized carbons (Fsp3) is 0.471. The molecular weight excluding hydrogens is 264 g/mol. The highest BCUT2D eigenvalue weighted by molar-refractivity contribution is 5.60. The zero-order valence-corrected chi connectivity index (χ0v) is 13.3. The second-order valence-electron chi connectivity index (χ2n) is 5.56. The van der Waals surface area contributed by atoms with E-state index in [0.717, 1.165) is 42.3 Å². The Hall–Kier alpha value is -1.81. The molecule has 2 aromatic rings. The Bertz CT molecular complexity index is 546. The maximum Gasteiger partial charge on any atom is 0.181 e. The molecular formula is C17H24N2O2. The Labute approximate surface area is 126 Å². The largest absolute Gasteiger partial charge is 0.491 e. The van der Waals surface area contributed by atoms with Crippen molar-refractivity contribution in [1.29, 1.82) is 0 Å². The quantitative estimate of drug-likeness (QED) is 0.772. The number of hydrogen-bond acceptors (Lipinski definition) is 4. The van der Waals surface area contributed by atoms with Crippen LogP contribution in [0.4, 0.5) is 0 Å². The van der Waals surface area contributed by atoms with Gasteiger partial charge >= 0.3 is 0 Å². The molecule has 0 aliphatic heterocycles. The molecule has 0 saturated carbocycles. The van der Waals surface area contributed by atoms with Crippen LogP contribution in [0.5, 0.6) is 5.75 Å². The van der Waals surface area contributed by atoms with Gasteiger partial charge in [-0.05, 0) is 58.1 Å². The second-order valence-corrected chi connectivity index (χ2v) is 5.56. The van der Waals surface area contributed by atoms with E-state index in [1.807, 2.05) is 38.1 Å². The van der Waals surface area contributed by atoms with Crippen molar-refractivity contribution in [2.45, 2.75) is 39.8 Å². The molecule has 0 aliphatic rings. The lowest BCUT2D eigenvalue weighted by Gasteiger charge is -2.14. The van der Waals surface area contributed by atoms with E-state index in [-0.39, 0.29) is 6.10 Å². The van der Waals surface area contributed by atoms with Crippen molar-refractivity contribution in [3.63, 3.8) is 0 Å². The van der Waals surface area contributed by atoms with Gasteiger partial charge in [-0.3, -0.25) is 0 Å². The fourth-order valence-electron chi connectivity index (χ4n) is 2.29. The summed E-state index contributed by atoms with van der Waals surface area (Å²) in [5.74, 6) is 1.71. The van der Waals surface area contributed by atoms with Crippen LogP contribution in [0.25, 0.3) is 11.3 Å². The number of ether oxygens (including phenoxy) is 1. The molecule has 0 spiro atoms. The van der Waals surface area contributed by atoms with Gasteiger partial charge < -0.3 is 14.1 Å². The Morgan fingerprint density at radius 2 is 1.95 bits per heavy atom. The summed E-state index contributed by atoms with van der Waals surface area (Å²) < 4.78 is 11.2. The minimum atomic E-state index is 0.180. The van der Waals surface area contributed by atoms with Gasteiger partial charge in [-0.25, -0.2) is 4.98 Å². The van der Waals surface area contributed by atoms with Gasteiger partial charge in [0.2, 0.25) is 0 Å². The van der Waals surface area contributed by atoms with Crippen molar-refractivity contribution in [2.24, 2.45) is 0 Å². The third-order valence-corrected chi connectivity index (χ3v) is 3.15. The summed E-state index contributed by atoms with van der Waals surface area (Å²) in [5.41, 5.74) is 2.01. The SMILES string of the molecule is CCCN(C)Cc1ncoc1-c1ccc(OC(C)C)cc1. The number of benzene rings is 1. The van der Waals surface area contributed by atoms with Gasteiger partial charge in [0.05, 0.1) is 6.10 Å². The summed E-state index contributed by atoms with van der Waals surface area (Å²) in [6.07, 6.45) is 2.83. The highest BCUT2D eigenvalue weighted by Gasteiger charge is 2.12. The molecule has 2 rings (SSSR count). The van der Waals surface area contributed by atoms with Crippen LogP contribution < -0.4 is 4.74 Å². The van der Waals surface area contributed by atoms with Crippen LogP contribution in [-0.2, 0) is 6.54 Å². The Morgan fingerprint density at radius 3 is 2.57 bits per heavy atom. The first-order chi connectivity index (χ1) is 10.1. The molecule has 1 aromatic heterocycles. The molecule has 1 aromatic carbocycles. The molecule has 0 saturated heterocycles. The van der Waals surface area contributed by atoms with Crippen LogP contribution >= 0.6 is 0 Å². The van der Waals surface area contributed by atoms with Crippen LogP contribution in [0.1, 0.15) is 32.9 Å². The second kappa shape index (κ2) is 7.27. The first-order valence-electron chi connectivity index (χ1n) is 7.48. The van der Waals surface area contributed by atoms with Crippen LogP contribution in [0.15, 0.2) is 35.1 Å². The number of nitrogens with zero attached hydrogens (tertiary/aromatic N) is 2. The average Bonchev–Trinajstić information content (AvgIpc) is 2.87. The van der Waals surface area contributed by atoms with Gasteiger partial charge in [0.15, 0.2) is 12.2 Å². The number of rotatable bonds is 7. The van der Waals surface area contributed by atoms with Crippen molar-refractivity contribution >= 4 is 0 Å². The molecule has 0 radical (unpaired) electrons. The molecule has 0 bridgehead atoms. The van der Waals surface area contributed by atoms with Crippen molar-refractivity contribution in [3.05, 3.63) is 36.4 Å². The zero-order valence-electron chi connectivity index (χ0n) is 13.3. The normalized spacial score (nSPS) is 11.3. The lowest BCUT2D eigenvalue weighted by Crippen LogP contribution is -2.19. The summed E-state index contributed by atoms with van der Waals surface area (Å²) in [5, 5.41) is 0. The first-order valence-corrected chi connectivity index (χ1v) is 7.48. The van der Waals surface area contributed by atoms with Crippen molar-refractivity contribution in [2.75, 3.05) is 13.6 Å². The van der Waals surface area contributed by atoms with E-state index in [1.165, 1.54) is 6.39 Å². The lowest BCUT2D eigenvalue weighted by atomic mass is 10.1. The Morgan fingerprint density at radius 1 is 1.24 bits per heavy atom. The maximum absolute atomic E-state index is 5.66. The number of aromatic nitrogens is 1. The topological polar surface area (TPSA) is 38.5 Å². The minimum absolute atomic E-state index is 0.180. The van der Waals surface area contributed by atoms with E-state index >= 15 is 0 Å². The molecule has 0 atom stereocenters. The summed E-state index contributed by atoms with van der Waals surface area (Å²) in [6.45, 7) is 8.06. The van der Waals surface area contributed by atoms with E-state index in [4.69, 9.17) is 9.15 Å². The fourth-order valence-corrected chi connectivity index (χ4v) is 2.29. The van der Waals surface area contributed by atoms with E-state index < -0.39 is 0 Å². The van der Waals surface area contributed by atoms with Crippen LogP contribution in [-0.4, -0.2) is 29.6 Å². The summed E-state index contributed by atoms with van der Waals surface area (Å²) in [7, 11) is 2.10. The molecule has 4 heteroatoms. The Kier molecular flexibility index (Phi) is 5.39. The highest BCUT2D eigenvalue weighted by Crippen LogP contribution is 2.26. The maximum atomic E-state index is 5.66. The van der Waals surface area contributed by atoms with E-state index in [2.05, 4.69) is 23.9 Å². The van der Waals surface area contributed by atoms with Gasteiger partial charge in [-0.2, -0.15) is 0 Å². The average molecular weight is 288 g/mol. The molecule has 21 heavy (non-hydrogen) atoms. The predicted octanol–water partition coefficient (Wildman–Crippen LogP) is 3.97. The lowest BCUT2D eigenvalue weighted by molar-refractivity contribution is 0.242. The molecule has 0 fully saturated rings. The number of hydrogen-bond donors (Lipinski definition) is 0. The summed E-state index contributed by atoms with van der Waals surface area (Å²) in [4.78, 5) is 6.59. The van der Waals surface area contributed by atoms with Crippen molar-refractivity contribution in [1.82, 2.24) is 9.88 Å². The first kappa shape index (κ1) is 15.6. The number of oxazole rings is 1. The summed E-state index contributed by atoms with van der Waals surface area (Å²) in [6, 6.07) is 7.97. The van der Waals surface area contributed by atoms with E-state index in [1.54, 1.807) is 0 Å². The van der Waals surface area contributed by atoms with Gasteiger partial charge in [0, 0.05) is 12.1 Å². The Balaban J connectivity index is 2.13. The van der Waals surface area contributed by atoms with Gasteiger partial charge in [-0.1, -0.05) is 6.92 Å². The molecule has 4 nitrogen and oxygen atoms in total. The zero-order chi connectivity index (χ0) is 15.2. The van der Waals surface area contributed by atoms with Crippen molar-refractivity contribution in [3.8, 4) is 17.1 Å². The smallest absolute Gasteiger partial charge is 0.181 e. The molecule has 1 heterocycles. The third kappa shape index (κ3) is 4.33. The monoisotopic (exact) mass is 288 g/mol. The molecule has 114 valence electrons. The molecule has 0 unspecified atom stereocenters. The molecule has 0 N–H and O–H groups in total. The van der Waals surface area contributed by atoms with Crippen LogP contribution in [0.3, 0.4) is 0 Å². The third-order valence-electron chi connectivity index (χ3n) is 3.15. The minimum Gasteiger partial charge on any atom is -0.491 e. The molecule has 0 amide bonds. The van der Waals surface area contributed by atoms with Crippen LogP contribution in [0.2, 0.25) is 0 Å². The summed E-state index contributed by atoms with van der Waals surface area (Å²) >= 11 is 0. The van der Waals surface area contributed by atoms with E-state index in [0.29, 0.717) is 0 Å². The molecule has 0 aliphatic carbocycles. The highest BCUT2D eigenvalue weighted by atomic mass is 16.5. The van der Waals surface area contributed by atoms with Gasteiger partial charge in [0.1, 0.15) is 11.4 Å².